The van der Waals surface area contributed by atoms with Gasteiger partial charge in [0.25, 0.3) is 0 Å². The molecule has 1 fully saturated rings. The molecule has 116 valence electrons. The first-order valence-corrected chi connectivity index (χ1v) is 8.39. The lowest BCUT2D eigenvalue weighted by Gasteiger charge is -2.26. The fraction of sp³-hybridized carbons (Fsp3) is 0.389. The maximum atomic E-state index is 5.59. The Hall–Kier alpha value is -1.81. The molecule has 1 aliphatic carbocycles. The third kappa shape index (κ3) is 3.89. The Kier molecular flexibility index (Phi) is 5.11. The van der Waals surface area contributed by atoms with Gasteiger partial charge in [0.2, 0.25) is 0 Å². The molecule has 22 heavy (non-hydrogen) atoms. The maximum absolute atomic E-state index is 5.59. The summed E-state index contributed by atoms with van der Waals surface area (Å²) in [4.78, 5) is 0. The van der Waals surface area contributed by atoms with Crippen molar-refractivity contribution >= 4 is 17.3 Å². The Labute approximate surface area is 137 Å². The van der Waals surface area contributed by atoms with E-state index in [0.29, 0.717) is 11.2 Å². The molecular formula is C18H22N2OS. The van der Waals surface area contributed by atoms with Crippen LogP contribution < -0.4 is 10.6 Å². The molecule has 1 atom stereocenters. The predicted octanol–water partition coefficient (Wildman–Crippen LogP) is 4.17. The summed E-state index contributed by atoms with van der Waals surface area (Å²) >= 11 is 5.52. The lowest BCUT2D eigenvalue weighted by atomic mass is 9.96. The zero-order chi connectivity index (χ0) is 15.2. The minimum Gasteiger partial charge on any atom is -0.467 e. The van der Waals surface area contributed by atoms with E-state index in [-0.39, 0.29) is 6.04 Å². The number of rotatable bonds is 4. The van der Waals surface area contributed by atoms with E-state index in [0.717, 1.165) is 11.3 Å². The van der Waals surface area contributed by atoms with Crippen LogP contribution in [0.2, 0.25) is 0 Å². The molecule has 3 nitrogen and oxygen atoms in total. The van der Waals surface area contributed by atoms with Gasteiger partial charge in [-0.1, -0.05) is 49.6 Å². The van der Waals surface area contributed by atoms with Crippen LogP contribution in [0, 0.1) is 0 Å². The molecule has 2 aromatic rings. The Morgan fingerprint density at radius 3 is 2.50 bits per heavy atom. The molecule has 4 heteroatoms. The Bertz CT molecular complexity index is 576. The molecule has 0 unspecified atom stereocenters. The van der Waals surface area contributed by atoms with Gasteiger partial charge in [-0.05, 0) is 42.8 Å². The smallest absolute Gasteiger partial charge is 0.167 e. The predicted molar refractivity (Wildman–Crippen MR) is 92.7 cm³/mol. The van der Waals surface area contributed by atoms with E-state index in [1.807, 2.05) is 30.3 Å². The molecular weight excluding hydrogens is 292 g/mol. The van der Waals surface area contributed by atoms with Crippen molar-refractivity contribution in [3.05, 3.63) is 60.1 Å². The van der Waals surface area contributed by atoms with Crippen LogP contribution in [0.25, 0.3) is 0 Å². The number of hydrogen-bond acceptors (Lipinski definition) is 2. The minimum absolute atomic E-state index is 0.0557. The van der Waals surface area contributed by atoms with E-state index in [4.69, 9.17) is 16.6 Å². The highest BCUT2D eigenvalue weighted by Crippen LogP contribution is 2.23. The third-order valence-corrected chi connectivity index (χ3v) is 4.41. The van der Waals surface area contributed by atoms with Crippen LogP contribution in [0.5, 0.6) is 0 Å². The van der Waals surface area contributed by atoms with Gasteiger partial charge >= 0.3 is 0 Å². The summed E-state index contributed by atoms with van der Waals surface area (Å²) in [6, 6.07) is 14.6. The summed E-state index contributed by atoms with van der Waals surface area (Å²) in [6.07, 6.45) is 8.04. The average molecular weight is 314 g/mol. The van der Waals surface area contributed by atoms with Crippen LogP contribution in [0.3, 0.4) is 0 Å². The lowest BCUT2D eigenvalue weighted by Crippen LogP contribution is -2.44. The molecule has 1 heterocycles. The van der Waals surface area contributed by atoms with Gasteiger partial charge in [-0.3, -0.25) is 0 Å². The van der Waals surface area contributed by atoms with E-state index in [9.17, 15) is 0 Å². The SMILES string of the molecule is S=C(NC1CCCCC1)N[C@H](c1ccccc1)c1ccco1. The summed E-state index contributed by atoms with van der Waals surface area (Å²) in [6.45, 7) is 0. The van der Waals surface area contributed by atoms with Crippen LogP contribution in [0.1, 0.15) is 49.5 Å². The second-order valence-corrected chi connectivity index (χ2v) is 6.22. The number of nitrogens with one attached hydrogen (secondary N) is 2. The van der Waals surface area contributed by atoms with Crippen molar-refractivity contribution < 1.29 is 4.42 Å². The first-order chi connectivity index (χ1) is 10.8. The van der Waals surface area contributed by atoms with Gasteiger partial charge in [0.1, 0.15) is 11.8 Å². The standard InChI is InChI=1S/C18H22N2OS/c22-18(19-15-10-5-2-6-11-15)20-17(16-12-7-13-21-16)14-8-3-1-4-9-14/h1,3-4,7-9,12-13,15,17H,2,5-6,10-11H2,(H2,19,20,22)/t17-/m1/s1. The van der Waals surface area contributed by atoms with Gasteiger partial charge in [0.05, 0.1) is 6.26 Å². The summed E-state index contributed by atoms with van der Waals surface area (Å²) in [5.41, 5.74) is 1.14. The number of thiocarbonyl (C=S) groups is 1. The summed E-state index contributed by atoms with van der Waals surface area (Å²) in [5, 5.41) is 7.57. The number of hydrogen-bond donors (Lipinski definition) is 2. The maximum Gasteiger partial charge on any atom is 0.167 e. The second-order valence-electron chi connectivity index (χ2n) is 5.81. The van der Waals surface area contributed by atoms with Crippen molar-refractivity contribution in [1.29, 1.82) is 0 Å². The number of benzene rings is 1. The number of furan rings is 1. The highest BCUT2D eigenvalue weighted by molar-refractivity contribution is 7.80. The van der Waals surface area contributed by atoms with Gasteiger partial charge in [0, 0.05) is 6.04 Å². The fourth-order valence-electron chi connectivity index (χ4n) is 3.02. The molecule has 0 radical (unpaired) electrons. The highest BCUT2D eigenvalue weighted by Gasteiger charge is 2.20. The van der Waals surface area contributed by atoms with Crippen molar-refractivity contribution in [2.24, 2.45) is 0 Å². The van der Waals surface area contributed by atoms with E-state index in [1.165, 1.54) is 32.1 Å². The molecule has 0 aliphatic heterocycles. The first-order valence-electron chi connectivity index (χ1n) is 7.98. The van der Waals surface area contributed by atoms with Gasteiger partial charge in [-0.25, -0.2) is 0 Å². The van der Waals surface area contributed by atoms with E-state index in [1.54, 1.807) is 6.26 Å². The van der Waals surface area contributed by atoms with Gasteiger partial charge in [0.15, 0.2) is 5.11 Å². The highest BCUT2D eigenvalue weighted by atomic mass is 32.1. The molecule has 0 spiro atoms. The molecule has 0 bridgehead atoms. The molecule has 3 rings (SSSR count). The van der Waals surface area contributed by atoms with Crippen LogP contribution in [0.15, 0.2) is 53.1 Å². The van der Waals surface area contributed by atoms with Crippen molar-refractivity contribution in [3.8, 4) is 0 Å². The van der Waals surface area contributed by atoms with Crippen LogP contribution in [0.4, 0.5) is 0 Å². The normalized spacial score (nSPS) is 16.9. The quantitative estimate of drug-likeness (QED) is 0.831. The van der Waals surface area contributed by atoms with E-state index in [2.05, 4.69) is 22.8 Å². The largest absolute Gasteiger partial charge is 0.467 e. The topological polar surface area (TPSA) is 37.2 Å². The van der Waals surface area contributed by atoms with Gasteiger partial charge < -0.3 is 15.1 Å². The monoisotopic (exact) mass is 314 g/mol. The molecule has 1 aliphatic rings. The van der Waals surface area contributed by atoms with Crippen molar-refractivity contribution in [3.63, 3.8) is 0 Å². The van der Waals surface area contributed by atoms with E-state index < -0.39 is 0 Å². The molecule has 1 aromatic heterocycles. The second kappa shape index (κ2) is 7.45. The zero-order valence-corrected chi connectivity index (χ0v) is 13.4. The molecule has 1 aromatic carbocycles. The van der Waals surface area contributed by atoms with Gasteiger partial charge in [-0.15, -0.1) is 0 Å². The van der Waals surface area contributed by atoms with Crippen LogP contribution in [-0.2, 0) is 0 Å². The van der Waals surface area contributed by atoms with Crippen LogP contribution in [-0.4, -0.2) is 11.2 Å². The molecule has 2 N–H and O–H groups in total. The lowest BCUT2D eigenvalue weighted by molar-refractivity contribution is 0.409. The third-order valence-electron chi connectivity index (χ3n) is 4.18. The van der Waals surface area contributed by atoms with Gasteiger partial charge in [-0.2, -0.15) is 0 Å². The average Bonchev–Trinajstić information content (AvgIpc) is 3.08. The summed E-state index contributed by atoms with van der Waals surface area (Å²) in [5.74, 6) is 0.874. The van der Waals surface area contributed by atoms with Crippen molar-refractivity contribution in [2.45, 2.75) is 44.2 Å². The van der Waals surface area contributed by atoms with Crippen molar-refractivity contribution in [2.75, 3.05) is 0 Å². The summed E-state index contributed by atoms with van der Waals surface area (Å²) < 4.78 is 5.59. The Balaban J connectivity index is 1.69. The Morgan fingerprint density at radius 2 is 1.82 bits per heavy atom. The van der Waals surface area contributed by atoms with E-state index >= 15 is 0 Å². The zero-order valence-electron chi connectivity index (χ0n) is 12.6. The fourth-order valence-corrected chi connectivity index (χ4v) is 3.31. The first kappa shape index (κ1) is 15.1. The Morgan fingerprint density at radius 1 is 1.05 bits per heavy atom. The summed E-state index contributed by atoms with van der Waals surface area (Å²) in [7, 11) is 0. The molecule has 1 saturated carbocycles. The minimum atomic E-state index is -0.0557. The van der Waals surface area contributed by atoms with Crippen LogP contribution >= 0.6 is 12.2 Å². The molecule has 0 saturated heterocycles. The van der Waals surface area contributed by atoms with Crippen molar-refractivity contribution in [1.82, 2.24) is 10.6 Å². The molecule has 0 amide bonds.